The molecule has 1 aliphatic heterocycles. The van der Waals surface area contributed by atoms with Gasteiger partial charge in [-0.15, -0.1) is 11.3 Å². The smallest absolute Gasteiger partial charge is 0.249 e. The second kappa shape index (κ2) is 7.42. The monoisotopic (exact) mass is 318 g/mol. The van der Waals surface area contributed by atoms with Gasteiger partial charge in [0.1, 0.15) is 16.8 Å². The molecule has 6 nitrogen and oxygen atoms in total. The topological polar surface area (TPSA) is 77.0 Å². The Morgan fingerprint density at radius 2 is 2.36 bits per heavy atom. The Bertz CT molecular complexity index is 611. The average molecular weight is 318 g/mol. The first kappa shape index (κ1) is 15.1. The molecule has 1 aliphatic rings. The van der Waals surface area contributed by atoms with Crippen LogP contribution in [0.2, 0.25) is 0 Å². The molecule has 1 atom stereocenters. The molecule has 1 fully saturated rings. The van der Waals surface area contributed by atoms with Gasteiger partial charge in [0, 0.05) is 37.3 Å². The maximum absolute atomic E-state index is 11.9. The van der Waals surface area contributed by atoms with Crippen molar-refractivity contribution in [2.75, 3.05) is 13.2 Å². The molecule has 1 N–H and O–H groups in total. The largest absolute Gasteiger partial charge is 0.368 e. The van der Waals surface area contributed by atoms with Gasteiger partial charge in [0.05, 0.1) is 11.9 Å². The van der Waals surface area contributed by atoms with E-state index in [1.807, 2.05) is 5.38 Å². The lowest BCUT2D eigenvalue weighted by atomic mass is 10.1. The molecule has 0 aromatic carbocycles. The highest BCUT2D eigenvalue weighted by Gasteiger charge is 2.21. The van der Waals surface area contributed by atoms with E-state index in [9.17, 15) is 4.79 Å². The van der Waals surface area contributed by atoms with Crippen molar-refractivity contribution in [3.8, 4) is 10.7 Å². The maximum atomic E-state index is 11.9. The average Bonchev–Trinajstić information content (AvgIpc) is 3.05. The Hall–Kier alpha value is -1.86. The second-order valence-corrected chi connectivity index (χ2v) is 5.99. The van der Waals surface area contributed by atoms with E-state index >= 15 is 0 Å². The minimum Gasteiger partial charge on any atom is -0.368 e. The first-order valence-electron chi connectivity index (χ1n) is 7.43. The molecule has 116 valence electrons. The van der Waals surface area contributed by atoms with Crippen LogP contribution in [0.1, 0.15) is 25.0 Å². The second-order valence-electron chi connectivity index (χ2n) is 5.13. The van der Waals surface area contributed by atoms with E-state index in [1.54, 1.807) is 18.6 Å². The molecule has 0 bridgehead atoms. The van der Waals surface area contributed by atoms with E-state index < -0.39 is 0 Å². The van der Waals surface area contributed by atoms with Crippen molar-refractivity contribution in [1.29, 1.82) is 0 Å². The van der Waals surface area contributed by atoms with Gasteiger partial charge in [0.25, 0.3) is 0 Å². The number of thiazole rings is 1. The number of nitrogens with one attached hydrogen (secondary N) is 1. The Kier molecular flexibility index (Phi) is 5.07. The van der Waals surface area contributed by atoms with Gasteiger partial charge >= 0.3 is 0 Å². The Balaban J connectivity index is 1.48. The zero-order chi connectivity index (χ0) is 15.2. The molecule has 1 saturated heterocycles. The van der Waals surface area contributed by atoms with Gasteiger partial charge in [-0.05, 0) is 19.3 Å². The molecule has 0 unspecified atom stereocenters. The summed E-state index contributed by atoms with van der Waals surface area (Å²) in [6.45, 7) is 1.26. The van der Waals surface area contributed by atoms with Crippen LogP contribution in [0.5, 0.6) is 0 Å². The highest BCUT2D eigenvalue weighted by Crippen LogP contribution is 2.20. The number of rotatable bonds is 5. The first-order chi connectivity index (χ1) is 10.8. The van der Waals surface area contributed by atoms with Crippen molar-refractivity contribution < 1.29 is 9.53 Å². The highest BCUT2D eigenvalue weighted by molar-refractivity contribution is 7.13. The summed E-state index contributed by atoms with van der Waals surface area (Å²) in [7, 11) is 0. The third kappa shape index (κ3) is 3.86. The molecule has 1 amide bonds. The third-order valence-electron chi connectivity index (χ3n) is 3.49. The number of aromatic nitrogens is 3. The summed E-state index contributed by atoms with van der Waals surface area (Å²) < 4.78 is 5.46. The van der Waals surface area contributed by atoms with Crippen molar-refractivity contribution in [3.63, 3.8) is 0 Å². The molecule has 2 aromatic heterocycles. The number of ether oxygens (including phenoxy) is 1. The standard InChI is InChI=1S/C15H18N4O2S/c20-14(13-3-1-2-8-21-13)18-5-4-11-10-22-15(19-11)12-9-16-6-7-17-12/h6-7,9-10,13H,1-5,8H2,(H,18,20)/t13-/m0/s1. The molecule has 22 heavy (non-hydrogen) atoms. The van der Waals surface area contributed by atoms with Crippen molar-refractivity contribution in [2.24, 2.45) is 0 Å². The predicted octanol–water partition coefficient (Wildman–Crippen LogP) is 1.83. The lowest BCUT2D eigenvalue weighted by molar-refractivity contribution is -0.135. The predicted molar refractivity (Wildman–Crippen MR) is 83.4 cm³/mol. The van der Waals surface area contributed by atoms with Crippen molar-refractivity contribution in [3.05, 3.63) is 29.7 Å². The quantitative estimate of drug-likeness (QED) is 0.910. The van der Waals surface area contributed by atoms with Crippen molar-refractivity contribution >= 4 is 17.2 Å². The lowest BCUT2D eigenvalue weighted by Gasteiger charge is -2.21. The van der Waals surface area contributed by atoms with Crippen LogP contribution in [-0.2, 0) is 16.0 Å². The molecular weight excluding hydrogens is 300 g/mol. The number of amides is 1. The lowest BCUT2D eigenvalue weighted by Crippen LogP contribution is -2.39. The maximum Gasteiger partial charge on any atom is 0.249 e. The molecule has 2 aromatic rings. The highest BCUT2D eigenvalue weighted by atomic mass is 32.1. The van der Waals surface area contributed by atoms with E-state index in [0.717, 1.165) is 35.7 Å². The summed E-state index contributed by atoms with van der Waals surface area (Å²) >= 11 is 1.54. The van der Waals surface area contributed by atoms with Gasteiger partial charge in [-0.2, -0.15) is 0 Å². The molecule has 3 heterocycles. The molecular formula is C15H18N4O2S. The van der Waals surface area contributed by atoms with Crippen LogP contribution < -0.4 is 5.32 Å². The summed E-state index contributed by atoms with van der Waals surface area (Å²) in [6, 6.07) is 0. The van der Waals surface area contributed by atoms with Crippen LogP contribution in [0, 0.1) is 0 Å². The number of carbonyl (C=O) groups excluding carboxylic acids is 1. The number of carbonyl (C=O) groups is 1. The van der Waals surface area contributed by atoms with Gasteiger partial charge in [-0.1, -0.05) is 0 Å². The third-order valence-corrected chi connectivity index (χ3v) is 4.40. The fraction of sp³-hybridized carbons (Fsp3) is 0.467. The van der Waals surface area contributed by atoms with Crippen LogP contribution in [-0.4, -0.2) is 40.1 Å². The molecule has 0 radical (unpaired) electrons. The van der Waals surface area contributed by atoms with Crippen LogP contribution in [0.3, 0.4) is 0 Å². The van der Waals surface area contributed by atoms with E-state index in [-0.39, 0.29) is 12.0 Å². The van der Waals surface area contributed by atoms with E-state index in [0.29, 0.717) is 19.6 Å². The summed E-state index contributed by atoms with van der Waals surface area (Å²) in [5.41, 5.74) is 1.73. The number of hydrogen-bond acceptors (Lipinski definition) is 6. The van der Waals surface area contributed by atoms with E-state index in [2.05, 4.69) is 20.3 Å². The minimum atomic E-state index is -0.278. The van der Waals surface area contributed by atoms with Gasteiger partial charge < -0.3 is 10.1 Å². The SMILES string of the molecule is O=C(NCCc1csc(-c2cnccn2)n1)[C@@H]1CCCCO1. The van der Waals surface area contributed by atoms with Gasteiger partial charge in [-0.3, -0.25) is 14.8 Å². The zero-order valence-electron chi connectivity index (χ0n) is 12.2. The fourth-order valence-electron chi connectivity index (χ4n) is 2.32. The molecule has 7 heteroatoms. The summed E-state index contributed by atoms with van der Waals surface area (Å²) in [5.74, 6) is -0.0101. The minimum absolute atomic E-state index is 0.0101. The molecule has 3 rings (SSSR count). The van der Waals surface area contributed by atoms with E-state index in [1.165, 1.54) is 11.3 Å². The molecule has 0 saturated carbocycles. The fourth-order valence-corrected chi connectivity index (χ4v) is 3.14. The number of nitrogens with zero attached hydrogens (tertiary/aromatic N) is 3. The van der Waals surface area contributed by atoms with Crippen molar-refractivity contribution in [2.45, 2.75) is 31.8 Å². The van der Waals surface area contributed by atoms with Crippen LogP contribution in [0.4, 0.5) is 0 Å². The Morgan fingerprint density at radius 3 is 3.14 bits per heavy atom. The van der Waals surface area contributed by atoms with Crippen LogP contribution in [0.15, 0.2) is 24.0 Å². The molecule has 0 aliphatic carbocycles. The van der Waals surface area contributed by atoms with Gasteiger partial charge in [-0.25, -0.2) is 4.98 Å². The Morgan fingerprint density at radius 1 is 1.41 bits per heavy atom. The first-order valence-corrected chi connectivity index (χ1v) is 8.31. The van der Waals surface area contributed by atoms with Gasteiger partial charge in [0.2, 0.25) is 5.91 Å². The van der Waals surface area contributed by atoms with Gasteiger partial charge in [0.15, 0.2) is 0 Å². The molecule has 0 spiro atoms. The van der Waals surface area contributed by atoms with Crippen LogP contribution in [0.25, 0.3) is 10.7 Å². The summed E-state index contributed by atoms with van der Waals surface area (Å²) in [6.07, 6.45) is 8.35. The summed E-state index contributed by atoms with van der Waals surface area (Å²) in [5, 5.41) is 5.77. The zero-order valence-corrected chi connectivity index (χ0v) is 13.0. The number of hydrogen-bond donors (Lipinski definition) is 1. The van der Waals surface area contributed by atoms with Crippen LogP contribution >= 0.6 is 11.3 Å². The summed E-state index contributed by atoms with van der Waals surface area (Å²) in [4.78, 5) is 24.7. The van der Waals surface area contributed by atoms with E-state index in [4.69, 9.17) is 4.74 Å². The Labute approximate surface area is 133 Å². The normalized spacial score (nSPS) is 18.1. The van der Waals surface area contributed by atoms with Crippen molar-refractivity contribution in [1.82, 2.24) is 20.3 Å².